The van der Waals surface area contributed by atoms with Crippen LogP contribution < -0.4 is 10.7 Å². The highest BCUT2D eigenvalue weighted by Gasteiger charge is 2.24. The maximum Gasteiger partial charge on any atom is 0.254 e. The minimum atomic E-state index is -0.219. The van der Waals surface area contributed by atoms with Gasteiger partial charge in [0, 0.05) is 36.2 Å². The smallest absolute Gasteiger partial charge is 0.254 e. The van der Waals surface area contributed by atoms with E-state index in [0.717, 1.165) is 43.7 Å². The fourth-order valence-electron chi connectivity index (χ4n) is 4.47. The Kier molecular flexibility index (Phi) is 5.65. The molecule has 1 aliphatic heterocycles. The van der Waals surface area contributed by atoms with E-state index in [-0.39, 0.29) is 11.3 Å². The van der Waals surface area contributed by atoms with Crippen LogP contribution >= 0.6 is 0 Å². The molecule has 0 spiro atoms. The van der Waals surface area contributed by atoms with Crippen LogP contribution in [-0.2, 0) is 0 Å². The molecular weight excluding hydrogens is 412 g/mol. The average Bonchev–Trinajstić information content (AvgIpc) is 2.85. The summed E-state index contributed by atoms with van der Waals surface area (Å²) in [5.41, 5.74) is 3.11. The van der Waals surface area contributed by atoms with Gasteiger partial charge in [-0.05, 0) is 56.5 Å². The molecule has 0 atom stereocenters. The Bertz CT molecular complexity index is 1360. The number of nitrogens with one attached hydrogen (secondary N) is 1. The summed E-state index contributed by atoms with van der Waals surface area (Å²) in [6.45, 7) is 3.31. The van der Waals surface area contributed by atoms with Crippen molar-refractivity contribution in [2.24, 2.45) is 0 Å². The minimum absolute atomic E-state index is 0.0920. The second-order valence-corrected chi connectivity index (χ2v) is 8.42. The number of aromatic nitrogens is 2. The van der Waals surface area contributed by atoms with Gasteiger partial charge in [0.1, 0.15) is 5.82 Å². The molecule has 0 bridgehead atoms. The number of rotatable bonds is 4. The van der Waals surface area contributed by atoms with Gasteiger partial charge in [-0.15, -0.1) is 0 Å². The number of benzene rings is 2. The van der Waals surface area contributed by atoms with E-state index in [1.807, 2.05) is 77.1 Å². The molecule has 2 aromatic carbocycles. The normalized spacial score (nSPS) is 13.8. The summed E-state index contributed by atoms with van der Waals surface area (Å²) in [5, 5.41) is 3.72. The van der Waals surface area contributed by atoms with Crippen molar-refractivity contribution in [1.82, 2.24) is 14.5 Å². The van der Waals surface area contributed by atoms with Gasteiger partial charge in [0.15, 0.2) is 11.1 Å². The van der Waals surface area contributed by atoms with Crippen molar-refractivity contribution in [3.8, 4) is 5.69 Å². The lowest BCUT2D eigenvalue weighted by Crippen LogP contribution is -2.36. The number of pyridine rings is 2. The molecule has 4 aromatic rings. The first-order chi connectivity index (χ1) is 16.1. The third-order valence-electron chi connectivity index (χ3n) is 6.03. The van der Waals surface area contributed by atoms with Crippen molar-refractivity contribution in [2.75, 3.05) is 18.4 Å². The predicted octanol–water partition coefficient (Wildman–Crippen LogP) is 5.06. The van der Waals surface area contributed by atoms with Crippen LogP contribution in [-0.4, -0.2) is 33.4 Å². The van der Waals surface area contributed by atoms with Crippen LogP contribution in [0.2, 0.25) is 0 Å². The van der Waals surface area contributed by atoms with Gasteiger partial charge in [-0.3, -0.25) is 14.2 Å². The molecule has 0 radical (unpaired) electrons. The Labute approximate surface area is 192 Å². The van der Waals surface area contributed by atoms with Gasteiger partial charge in [0.05, 0.1) is 10.9 Å². The number of anilines is 2. The number of carbonyl (C=O) groups is 1. The van der Waals surface area contributed by atoms with Gasteiger partial charge in [-0.2, -0.15) is 0 Å². The van der Waals surface area contributed by atoms with Crippen LogP contribution in [0.15, 0.2) is 77.6 Å². The van der Waals surface area contributed by atoms with Gasteiger partial charge in [-0.25, -0.2) is 4.98 Å². The van der Waals surface area contributed by atoms with Crippen molar-refractivity contribution in [1.29, 1.82) is 0 Å². The zero-order chi connectivity index (χ0) is 22.8. The fourth-order valence-corrected chi connectivity index (χ4v) is 4.47. The predicted molar refractivity (Wildman–Crippen MR) is 132 cm³/mol. The zero-order valence-electron chi connectivity index (χ0n) is 18.6. The zero-order valence-corrected chi connectivity index (χ0v) is 18.6. The summed E-state index contributed by atoms with van der Waals surface area (Å²) in [6.07, 6.45) is 3.12. The Hall–Kier alpha value is -3.93. The molecule has 166 valence electrons. The van der Waals surface area contributed by atoms with E-state index in [2.05, 4.69) is 5.32 Å². The SMILES string of the molecule is Cc1cc(C(=O)N2CCCCC2)c2c(=O)cc(Nc3ccccc3)n(-c3ccccc3)c2n1. The van der Waals surface area contributed by atoms with E-state index in [9.17, 15) is 9.59 Å². The first-order valence-electron chi connectivity index (χ1n) is 11.4. The van der Waals surface area contributed by atoms with Gasteiger partial charge < -0.3 is 10.2 Å². The van der Waals surface area contributed by atoms with Crippen molar-refractivity contribution in [3.05, 3.63) is 94.3 Å². The van der Waals surface area contributed by atoms with Crippen LogP contribution in [0.25, 0.3) is 16.7 Å². The fraction of sp³-hybridized carbons (Fsp3) is 0.222. The second-order valence-electron chi connectivity index (χ2n) is 8.42. The quantitative estimate of drug-likeness (QED) is 0.483. The molecule has 0 saturated carbocycles. The van der Waals surface area contributed by atoms with Gasteiger partial charge >= 0.3 is 0 Å². The number of likely N-dealkylation sites (tertiary alicyclic amines) is 1. The highest BCUT2D eigenvalue weighted by Crippen LogP contribution is 2.27. The lowest BCUT2D eigenvalue weighted by Gasteiger charge is -2.27. The van der Waals surface area contributed by atoms with E-state index in [0.29, 0.717) is 28.1 Å². The molecule has 1 fully saturated rings. The van der Waals surface area contributed by atoms with Crippen molar-refractivity contribution in [2.45, 2.75) is 26.2 Å². The van der Waals surface area contributed by atoms with Crippen LogP contribution in [0.3, 0.4) is 0 Å². The maximum atomic E-state index is 13.5. The van der Waals surface area contributed by atoms with Gasteiger partial charge in [0.2, 0.25) is 0 Å². The number of piperidine rings is 1. The molecule has 0 unspecified atom stereocenters. The Morgan fingerprint density at radius 1 is 0.909 bits per heavy atom. The van der Waals surface area contributed by atoms with Crippen LogP contribution in [0.4, 0.5) is 11.5 Å². The van der Waals surface area contributed by atoms with E-state index in [1.165, 1.54) is 0 Å². The molecule has 1 saturated heterocycles. The third-order valence-corrected chi connectivity index (χ3v) is 6.03. The topological polar surface area (TPSA) is 67.2 Å². The number of aryl methyl sites for hydroxylation is 1. The number of hydrogen-bond acceptors (Lipinski definition) is 4. The highest BCUT2D eigenvalue weighted by atomic mass is 16.2. The number of hydrogen-bond donors (Lipinski definition) is 1. The Morgan fingerprint density at radius 3 is 2.27 bits per heavy atom. The molecule has 1 amide bonds. The lowest BCUT2D eigenvalue weighted by atomic mass is 10.1. The van der Waals surface area contributed by atoms with Gasteiger partial charge in [0.25, 0.3) is 5.91 Å². The number of amides is 1. The van der Waals surface area contributed by atoms with Crippen LogP contribution in [0, 0.1) is 6.92 Å². The standard InChI is InChI=1S/C27H26N4O2/c1-19-17-22(27(33)30-15-9-4-10-16-30)25-23(32)18-24(29-20-11-5-2-6-12-20)31(26(25)28-19)21-13-7-3-8-14-21/h2-3,5-8,11-14,17-18,29H,4,9-10,15-16H2,1H3. The Morgan fingerprint density at radius 2 is 1.58 bits per heavy atom. The second kappa shape index (κ2) is 8.90. The summed E-state index contributed by atoms with van der Waals surface area (Å²) in [7, 11) is 0. The van der Waals surface area contributed by atoms with Crippen molar-refractivity contribution < 1.29 is 4.79 Å². The average molecular weight is 439 g/mol. The molecule has 33 heavy (non-hydrogen) atoms. The molecule has 0 aliphatic carbocycles. The first kappa shape index (κ1) is 20.9. The molecule has 1 aliphatic rings. The van der Waals surface area contributed by atoms with Crippen LogP contribution in [0.1, 0.15) is 35.3 Å². The van der Waals surface area contributed by atoms with Crippen LogP contribution in [0.5, 0.6) is 0 Å². The monoisotopic (exact) mass is 438 g/mol. The molecule has 3 heterocycles. The minimum Gasteiger partial charge on any atom is -0.341 e. The largest absolute Gasteiger partial charge is 0.341 e. The van der Waals surface area contributed by atoms with Crippen molar-refractivity contribution in [3.63, 3.8) is 0 Å². The maximum absolute atomic E-state index is 13.5. The molecular formula is C27H26N4O2. The number of fused-ring (bicyclic) bond motifs is 1. The number of carbonyl (C=O) groups excluding carboxylic acids is 1. The number of nitrogens with zero attached hydrogens (tertiary/aromatic N) is 3. The summed E-state index contributed by atoms with van der Waals surface area (Å²) in [4.78, 5) is 33.5. The van der Waals surface area contributed by atoms with E-state index < -0.39 is 0 Å². The van der Waals surface area contributed by atoms with E-state index in [1.54, 1.807) is 12.1 Å². The molecule has 2 aromatic heterocycles. The molecule has 5 rings (SSSR count). The molecule has 1 N–H and O–H groups in total. The third kappa shape index (κ3) is 4.12. The summed E-state index contributed by atoms with van der Waals surface area (Å²) in [5.74, 6) is 0.505. The Balaban J connectivity index is 1.76. The van der Waals surface area contributed by atoms with E-state index >= 15 is 0 Å². The van der Waals surface area contributed by atoms with Crippen molar-refractivity contribution >= 4 is 28.4 Å². The molecule has 6 heteroatoms. The first-order valence-corrected chi connectivity index (χ1v) is 11.4. The highest BCUT2D eigenvalue weighted by molar-refractivity contribution is 6.06. The summed E-state index contributed by atoms with van der Waals surface area (Å²) < 4.78 is 1.92. The number of para-hydroxylation sites is 2. The summed E-state index contributed by atoms with van der Waals surface area (Å²) in [6, 6.07) is 22.8. The van der Waals surface area contributed by atoms with E-state index in [4.69, 9.17) is 4.98 Å². The van der Waals surface area contributed by atoms with Gasteiger partial charge in [-0.1, -0.05) is 36.4 Å². The molecule has 6 nitrogen and oxygen atoms in total. The summed E-state index contributed by atoms with van der Waals surface area (Å²) >= 11 is 0. The lowest BCUT2D eigenvalue weighted by molar-refractivity contribution is 0.0726.